The van der Waals surface area contributed by atoms with Gasteiger partial charge in [-0.2, -0.15) is 5.10 Å². The lowest BCUT2D eigenvalue weighted by molar-refractivity contribution is -0.133. The smallest absolute Gasteiger partial charge is 0.239 e. The van der Waals surface area contributed by atoms with E-state index in [4.69, 9.17) is 11.6 Å². The van der Waals surface area contributed by atoms with E-state index in [2.05, 4.69) is 10.4 Å². The van der Waals surface area contributed by atoms with Crippen molar-refractivity contribution < 1.29 is 4.79 Å². The Balaban J connectivity index is 1.91. The van der Waals surface area contributed by atoms with Crippen molar-refractivity contribution in [2.45, 2.75) is 45.7 Å². The van der Waals surface area contributed by atoms with E-state index < -0.39 is 0 Å². The zero-order chi connectivity index (χ0) is 14.7. The Bertz CT molecular complexity index is 480. The van der Waals surface area contributed by atoms with Crippen LogP contribution in [0.25, 0.3) is 0 Å². The van der Waals surface area contributed by atoms with Crippen molar-refractivity contribution >= 4 is 17.5 Å². The van der Waals surface area contributed by atoms with E-state index in [0.717, 1.165) is 37.3 Å². The van der Waals surface area contributed by atoms with Crippen LogP contribution in [-0.2, 0) is 18.4 Å². The molecule has 1 aromatic heterocycles. The first kappa shape index (κ1) is 15.3. The predicted octanol–water partition coefficient (Wildman–Crippen LogP) is 1.87. The monoisotopic (exact) mass is 298 g/mol. The number of likely N-dealkylation sites (tertiary alicyclic amines) is 1. The first-order valence-electron chi connectivity index (χ1n) is 7.21. The molecule has 1 atom stereocenters. The Morgan fingerprint density at radius 1 is 1.40 bits per heavy atom. The summed E-state index contributed by atoms with van der Waals surface area (Å²) in [5.41, 5.74) is 1.74. The van der Waals surface area contributed by atoms with Gasteiger partial charge in [0.15, 0.2) is 0 Å². The lowest BCUT2D eigenvalue weighted by Crippen LogP contribution is -2.46. The highest BCUT2D eigenvalue weighted by Gasteiger charge is 2.22. The molecule has 1 N–H and O–H groups in total. The van der Waals surface area contributed by atoms with Crippen molar-refractivity contribution in [2.75, 3.05) is 13.1 Å². The number of amides is 1. The van der Waals surface area contributed by atoms with E-state index in [0.29, 0.717) is 11.6 Å². The van der Waals surface area contributed by atoms with Crippen molar-refractivity contribution in [3.05, 3.63) is 16.4 Å². The van der Waals surface area contributed by atoms with Gasteiger partial charge in [-0.25, -0.2) is 0 Å². The van der Waals surface area contributed by atoms with Gasteiger partial charge in [0.1, 0.15) is 0 Å². The summed E-state index contributed by atoms with van der Waals surface area (Å²) in [5.74, 6) is 0.180. The first-order chi connectivity index (χ1) is 9.50. The molecule has 1 aliphatic rings. The van der Waals surface area contributed by atoms with Gasteiger partial charge in [0.2, 0.25) is 5.91 Å². The van der Waals surface area contributed by atoms with E-state index in [1.54, 1.807) is 4.68 Å². The maximum Gasteiger partial charge on any atom is 0.239 e. The van der Waals surface area contributed by atoms with Gasteiger partial charge in [-0.15, -0.1) is 0 Å². The van der Waals surface area contributed by atoms with Gasteiger partial charge < -0.3 is 10.2 Å². The zero-order valence-electron chi connectivity index (χ0n) is 12.4. The van der Waals surface area contributed by atoms with E-state index >= 15 is 0 Å². The van der Waals surface area contributed by atoms with Crippen LogP contribution in [0, 0.1) is 6.92 Å². The van der Waals surface area contributed by atoms with Gasteiger partial charge in [0.25, 0.3) is 0 Å². The van der Waals surface area contributed by atoms with E-state index in [-0.39, 0.29) is 11.9 Å². The van der Waals surface area contributed by atoms with Crippen molar-refractivity contribution in [3.8, 4) is 0 Å². The molecule has 1 fully saturated rings. The highest BCUT2D eigenvalue weighted by Crippen LogP contribution is 2.19. The van der Waals surface area contributed by atoms with Crippen LogP contribution in [0.5, 0.6) is 0 Å². The zero-order valence-corrected chi connectivity index (χ0v) is 13.2. The molecule has 0 aromatic carbocycles. The van der Waals surface area contributed by atoms with E-state index in [9.17, 15) is 4.79 Å². The van der Waals surface area contributed by atoms with Crippen LogP contribution in [0.15, 0.2) is 0 Å². The van der Waals surface area contributed by atoms with Crippen LogP contribution in [0.3, 0.4) is 0 Å². The third-order valence-electron chi connectivity index (χ3n) is 3.88. The van der Waals surface area contributed by atoms with Crippen LogP contribution in [0.4, 0.5) is 0 Å². The molecule has 0 radical (unpaired) electrons. The molecule has 5 nitrogen and oxygen atoms in total. The van der Waals surface area contributed by atoms with E-state index in [1.807, 2.05) is 25.8 Å². The fourth-order valence-electron chi connectivity index (χ4n) is 2.60. The highest BCUT2D eigenvalue weighted by atomic mass is 35.5. The molecule has 1 aliphatic heterocycles. The Hall–Kier alpha value is -1.07. The highest BCUT2D eigenvalue weighted by molar-refractivity contribution is 6.31. The molecule has 0 aliphatic carbocycles. The molecule has 2 heterocycles. The van der Waals surface area contributed by atoms with Crippen LogP contribution in [-0.4, -0.2) is 39.7 Å². The maximum absolute atomic E-state index is 12.3. The average molecular weight is 299 g/mol. The lowest BCUT2D eigenvalue weighted by Gasteiger charge is -2.29. The predicted molar refractivity (Wildman–Crippen MR) is 79.7 cm³/mol. The summed E-state index contributed by atoms with van der Waals surface area (Å²) >= 11 is 6.21. The van der Waals surface area contributed by atoms with Crippen LogP contribution < -0.4 is 5.32 Å². The Morgan fingerprint density at radius 2 is 2.05 bits per heavy atom. The standard InChI is InChI=1S/C14H23ClN4O/c1-10-13(15)12(18(3)17-10)9-16-11(2)14(20)19-7-5-4-6-8-19/h11,16H,4-9H2,1-3H3. The van der Waals surface area contributed by atoms with Crippen molar-refractivity contribution in [2.24, 2.45) is 7.05 Å². The molecule has 1 amide bonds. The van der Waals surface area contributed by atoms with Crippen molar-refractivity contribution in [3.63, 3.8) is 0 Å². The number of nitrogens with zero attached hydrogens (tertiary/aromatic N) is 3. The summed E-state index contributed by atoms with van der Waals surface area (Å²) in [7, 11) is 1.87. The number of hydrogen-bond donors (Lipinski definition) is 1. The lowest BCUT2D eigenvalue weighted by atomic mass is 10.1. The maximum atomic E-state index is 12.3. The minimum atomic E-state index is -0.195. The third kappa shape index (κ3) is 3.33. The Kier molecular flexibility index (Phi) is 5.05. The molecular weight excluding hydrogens is 276 g/mol. The molecule has 0 spiro atoms. The van der Waals surface area contributed by atoms with Gasteiger partial charge >= 0.3 is 0 Å². The quantitative estimate of drug-likeness (QED) is 0.923. The second-order valence-electron chi connectivity index (χ2n) is 5.46. The molecule has 112 valence electrons. The second-order valence-corrected chi connectivity index (χ2v) is 5.84. The molecule has 2 rings (SSSR count). The number of hydrogen-bond acceptors (Lipinski definition) is 3. The van der Waals surface area contributed by atoms with Crippen molar-refractivity contribution in [1.82, 2.24) is 20.0 Å². The fourth-order valence-corrected chi connectivity index (χ4v) is 2.82. The van der Waals surface area contributed by atoms with Gasteiger partial charge in [0.05, 0.1) is 22.5 Å². The summed E-state index contributed by atoms with van der Waals surface area (Å²) in [5, 5.41) is 8.21. The normalized spacial score (nSPS) is 17.3. The molecule has 0 bridgehead atoms. The average Bonchev–Trinajstić information content (AvgIpc) is 2.70. The Morgan fingerprint density at radius 3 is 2.60 bits per heavy atom. The number of rotatable bonds is 4. The third-order valence-corrected chi connectivity index (χ3v) is 4.37. The summed E-state index contributed by atoms with van der Waals surface area (Å²) in [4.78, 5) is 14.3. The molecule has 0 saturated carbocycles. The van der Waals surface area contributed by atoms with Gasteiger partial charge in [-0.05, 0) is 33.1 Å². The molecule has 1 saturated heterocycles. The number of carbonyl (C=O) groups excluding carboxylic acids is 1. The number of piperidine rings is 1. The largest absolute Gasteiger partial charge is 0.341 e. The van der Waals surface area contributed by atoms with E-state index in [1.165, 1.54) is 6.42 Å². The molecule has 1 unspecified atom stereocenters. The van der Waals surface area contributed by atoms with Crippen molar-refractivity contribution in [1.29, 1.82) is 0 Å². The topological polar surface area (TPSA) is 50.2 Å². The van der Waals surface area contributed by atoms with Crippen LogP contribution in [0.2, 0.25) is 5.02 Å². The summed E-state index contributed by atoms with van der Waals surface area (Å²) < 4.78 is 1.77. The molecular formula is C14H23ClN4O. The number of carbonyl (C=O) groups is 1. The molecule has 1 aromatic rings. The summed E-state index contributed by atoms with van der Waals surface area (Å²) in [6.45, 7) is 6.12. The van der Waals surface area contributed by atoms with Gasteiger partial charge in [0, 0.05) is 26.7 Å². The molecule has 20 heavy (non-hydrogen) atoms. The van der Waals surface area contributed by atoms with Gasteiger partial charge in [-0.3, -0.25) is 9.48 Å². The minimum Gasteiger partial charge on any atom is -0.341 e. The summed E-state index contributed by atoms with van der Waals surface area (Å²) in [6.07, 6.45) is 3.46. The second kappa shape index (κ2) is 6.59. The SMILES string of the molecule is Cc1nn(C)c(CNC(C)C(=O)N2CCCCC2)c1Cl. The number of nitrogens with one attached hydrogen (secondary N) is 1. The van der Waals surface area contributed by atoms with Crippen LogP contribution >= 0.6 is 11.6 Å². The van der Waals surface area contributed by atoms with Crippen LogP contribution in [0.1, 0.15) is 37.6 Å². The Labute approximate surface area is 125 Å². The van der Waals surface area contributed by atoms with Gasteiger partial charge in [-0.1, -0.05) is 11.6 Å². The number of halogens is 1. The number of aryl methyl sites for hydroxylation is 2. The molecule has 6 heteroatoms. The first-order valence-corrected chi connectivity index (χ1v) is 7.58. The fraction of sp³-hybridized carbons (Fsp3) is 0.714. The summed E-state index contributed by atoms with van der Waals surface area (Å²) in [6, 6.07) is -0.195. The minimum absolute atomic E-state index is 0.180. The number of aromatic nitrogens is 2.